The third-order valence-electron chi connectivity index (χ3n) is 6.78. The Morgan fingerprint density at radius 1 is 1.05 bits per heavy atom. The van der Waals surface area contributed by atoms with Gasteiger partial charge in [0.15, 0.2) is 0 Å². The Balaban J connectivity index is 1.31. The molecule has 0 unspecified atom stereocenters. The first kappa shape index (κ1) is 25.6. The highest BCUT2D eigenvalue weighted by Crippen LogP contribution is 2.29. The van der Waals surface area contributed by atoms with Crippen LogP contribution in [0, 0.1) is 5.92 Å². The highest BCUT2D eigenvalue weighted by Gasteiger charge is 2.25. The molecule has 1 aliphatic rings. The van der Waals surface area contributed by atoms with Crippen molar-refractivity contribution in [2.45, 2.75) is 63.6 Å². The molecule has 0 saturated carbocycles. The molecular weight excluding hydrogens is 488 g/mol. The van der Waals surface area contributed by atoms with Crippen molar-refractivity contribution in [3.05, 3.63) is 71.8 Å². The second-order valence-electron chi connectivity index (χ2n) is 10.7. The summed E-state index contributed by atoms with van der Waals surface area (Å²) in [5.41, 5.74) is 3.69. The highest BCUT2D eigenvalue weighted by atomic mass is 32.2. The second kappa shape index (κ2) is 10.4. The molecule has 1 saturated heterocycles. The molecule has 0 radical (unpaired) electrons. The van der Waals surface area contributed by atoms with E-state index in [2.05, 4.69) is 46.4 Å². The van der Waals surface area contributed by atoms with Crippen molar-refractivity contribution in [2.24, 2.45) is 5.92 Å². The van der Waals surface area contributed by atoms with E-state index in [9.17, 15) is 8.42 Å². The molecule has 5 rings (SSSR count). The largest absolute Gasteiger partial charge is 0.381 e. The van der Waals surface area contributed by atoms with Crippen LogP contribution in [0.3, 0.4) is 0 Å². The van der Waals surface area contributed by atoms with Gasteiger partial charge in [-0.3, -0.25) is 0 Å². The summed E-state index contributed by atoms with van der Waals surface area (Å²) in [6.07, 6.45) is 5.50. The summed E-state index contributed by atoms with van der Waals surface area (Å²) in [4.78, 5) is 5.22. The first-order valence-corrected chi connectivity index (χ1v) is 14.2. The van der Waals surface area contributed by atoms with Gasteiger partial charge in [-0.2, -0.15) is 0 Å². The molecule has 2 aromatic heterocycles. The lowest BCUT2D eigenvalue weighted by atomic mass is 9.94. The average Bonchev–Trinajstić information content (AvgIpc) is 3.51. The van der Waals surface area contributed by atoms with Gasteiger partial charge in [0, 0.05) is 37.9 Å². The van der Waals surface area contributed by atoms with E-state index in [1.807, 2.05) is 12.1 Å². The third-order valence-corrected chi connectivity index (χ3v) is 8.20. The van der Waals surface area contributed by atoms with Crippen LogP contribution in [-0.4, -0.2) is 46.2 Å². The molecule has 37 heavy (non-hydrogen) atoms. The molecule has 0 bridgehead atoms. The van der Waals surface area contributed by atoms with Gasteiger partial charge < -0.3 is 9.30 Å². The van der Waals surface area contributed by atoms with Gasteiger partial charge in [0.1, 0.15) is 5.82 Å². The van der Waals surface area contributed by atoms with E-state index >= 15 is 0 Å². The summed E-state index contributed by atoms with van der Waals surface area (Å²) in [7, 11) is -3.66. The quantitative estimate of drug-likeness (QED) is 0.377. The van der Waals surface area contributed by atoms with Crippen molar-refractivity contribution in [2.75, 3.05) is 13.2 Å². The number of hydrogen-bond acceptors (Lipinski definition) is 6. The number of fused-ring (bicyclic) bond motifs is 1. The van der Waals surface area contributed by atoms with Crippen molar-refractivity contribution in [3.8, 4) is 0 Å². The topological polar surface area (TPSA) is 104 Å². The zero-order chi connectivity index (χ0) is 26.0. The fourth-order valence-electron chi connectivity index (χ4n) is 4.77. The van der Waals surface area contributed by atoms with Gasteiger partial charge in [-0.15, -0.1) is 5.10 Å². The average molecular weight is 523 g/mol. The van der Waals surface area contributed by atoms with E-state index in [1.165, 1.54) is 0 Å². The minimum Gasteiger partial charge on any atom is -0.381 e. The smallest absolute Gasteiger partial charge is 0.240 e. The minimum atomic E-state index is -3.66. The standard InChI is InChI=1S/C27H34N6O3S/c1-27(2,3)26-30-24-16-22(6-9-25(24)33(26)19-21-10-14-36-15-11-21)17-29-37(34,35)23-7-4-20(5-8-23)18-32-13-12-28-31-32/h4-9,12-13,16,21,29H,10-11,14-15,17-19H2,1-3H3. The van der Waals surface area contributed by atoms with Crippen LogP contribution in [0.4, 0.5) is 0 Å². The van der Waals surface area contributed by atoms with Crippen LogP contribution < -0.4 is 4.72 Å². The number of nitrogens with one attached hydrogen (secondary N) is 1. The summed E-state index contributed by atoms with van der Waals surface area (Å²) >= 11 is 0. The van der Waals surface area contributed by atoms with Gasteiger partial charge in [-0.05, 0) is 54.2 Å². The zero-order valence-corrected chi connectivity index (χ0v) is 22.4. The Labute approximate surface area is 217 Å². The Kier molecular flexibility index (Phi) is 7.15. The molecule has 0 amide bonds. The van der Waals surface area contributed by atoms with E-state index in [0.717, 1.165) is 60.6 Å². The number of benzene rings is 2. The van der Waals surface area contributed by atoms with Crippen LogP contribution in [0.15, 0.2) is 59.8 Å². The van der Waals surface area contributed by atoms with Crippen molar-refractivity contribution in [1.29, 1.82) is 0 Å². The molecule has 2 aromatic carbocycles. The first-order valence-electron chi connectivity index (χ1n) is 12.7. The summed E-state index contributed by atoms with van der Waals surface area (Å²) in [5, 5.41) is 7.73. The van der Waals surface area contributed by atoms with Crippen LogP contribution in [0.5, 0.6) is 0 Å². The number of imidazole rings is 1. The number of ether oxygens (including phenoxy) is 1. The minimum absolute atomic E-state index is 0.105. The predicted octanol–water partition coefficient (Wildman–Crippen LogP) is 3.88. The Bertz CT molecular complexity index is 1450. The number of hydrogen-bond donors (Lipinski definition) is 1. The molecule has 196 valence electrons. The summed E-state index contributed by atoms with van der Waals surface area (Å²) in [5.74, 6) is 1.62. The van der Waals surface area contributed by atoms with Gasteiger partial charge >= 0.3 is 0 Å². The van der Waals surface area contributed by atoms with Gasteiger partial charge in [0.05, 0.1) is 28.7 Å². The maximum Gasteiger partial charge on any atom is 0.240 e. The lowest BCUT2D eigenvalue weighted by Gasteiger charge is -2.26. The monoisotopic (exact) mass is 522 g/mol. The summed E-state index contributed by atoms with van der Waals surface area (Å²) in [6, 6.07) is 12.9. The van der Waals surface area contributed by atoms with Crippen LogP contribution >= 0.6 is 0 Å². The molecule has 1 fully saturated rings. The van der Waals surface area contributed by atoms with Gasteiger partial charge in [-0.25, -0.2) is 22.8 Å². The molecule has 3 heterocycles. The van der Waals surface area contributed by atoms with E-state index in [0.29, 0.717) is 12.5 Å². The van der Waals surface area contributed by atoms with Crippen molar-refractivity contribution < 1.29 is 13.2 Å². The van der Waals surface area contributed by atoms with Gasteiger partial charge in [0.2, 0.25) is 10.0 Å². The lowest BCUT2D eigenvalue weighted by Crippen LogP contribution is -2.25. The molecule has 9 nitrogen and oxygen atoms in total. The molecule has 0 aliphatic carbocycles. The SMILES string of the molecule is CC(C)(C)c1nc2cc(CNS(=O)(=O)c3ccc(Cn4ccnn4)cc3)ccc2n1CC1CCOCC1. The normalized spacial score (nSPS) is 15.4. The number of sulfonamides is 1. The number of rotatable bonds is 8. The Morgan fingerprint density at radius 2 is 1.78 bits per heavy atom. The first-order chi connectivity index (χ1) is 17.7. The van der Waals surface area contributed by atoms with Crippen molar-refractivity contribution in [1.82, 2.24) is 29.3 Å². The predicted molar refractivity (Wildman–Crippen MR) is 142 cm³/mol. The summed E-state index contributed by atoms with van der Waals surface area (Å²) < 4.78 is 38.2. The van der Waals surface area contributed by atoms with E-state index in [4.69, 9.17) is 9.72 Å². The summed E-state index contributed by atoms with van der Waals surface area (Å²) in [6.45, 7) is 9.82. The molecule has 10 heteroatoms. The molecule has 1 aliphatic heterocycles. The Hall–Kier alpha value is -3.08. The van der Waals surface area contributed by atoms with E-state index in [1.54, 1.807) is 41.3 Å². The second-order valence-corrected chi connectivity index (χ2v) is 12.5. The number of aromatic nitrogens is 5. The molecule has 0 atom stereocenters. The maximum absolute atomic E-state index is 12.9. The van der Waals surface area contributed by atoms with Crippen LogP contribution in [0.1, 0.15) is 50.6 Å². The number of nitrogens with zero attached hydrogens (tertiary/aromatic N) is 5. The Morgan fingerprint density at radius 3 is 2.46 bits per heavy atom. The fraction of sp³-hybridized carbons (Fsp3) is 0.444. The zero-order valence-electron chi connectivity index (χ0n) is 21.6. The third kappa shape index (κ3) is 5.92. The van der Waals surface area contributed by atoms with Crippen LogP contribution in [0.25, 0.3) is 11.0 Å². The molecule has 0 spiro atoms. The highest BCUT2D eigenvalue weighted by molar-refractivity contribution is 7.89. The van der Waals surface area contributed by atoms with Crippen molar-refractivity contribution in [3.63, 3.8) is 0 Å². The van der Waals surface area contributed by atoms with Gasteiger partial charge in [-0.1, -0.05) is 44.2 Å². The van der Waals surface area contributed by atoms with Crippen LogP contribution in [-0.2, 0) is 39.8 Å². The van der Waals surface area contributed by atoms with E-state index < -0.39 is 10.0 Å². The molecular formula is C27H34N6O3S. The van der Waals surface area contributed by atoms with E-state index in [-0.39, 0.29) is 16.9 Å². The van der Waals surface area contributed by atoms with Crippen molar-refractivity contribution >= 4 is 21.1 Å². The molecule has 1 N–H and O–H groups in total. The van der Waals surface area contributed by atoms with Gasteiger partial charge in [0.25, 0.3) is 0 Å². The molecule has 4 aromatic rings. The van der Waals surface area contributed by atoms with Crippen LogP contribution in [0.2, 0.25) is 0 Å². The lowest BCUT2D eigenvalue weighted by molar-refractivity contribution is 0.0611. The fourth-order valence-corrected chi connectivity index (χ4v) is 5.79. The maximum atomic E-state index is 12.9.